The summed E-state index contributed by atoms with van der Waals surface area (Å²) in [5.41, 5.74) is 7.57. The van der Waals surface area contributed by atoms with Crippen LogP contribution in [0.1, 0.15) is 31.1 Å². The number of nitrogens with zero attached hydrogens (tertiary/aromatic N) is 1. The molecule has 1 aromatic rings. The number of likely N-dealkylation sites (N-methyl/N-ethyl adjacent to an activating group) is 1. The fraction of sp³-hybridized carbons (Fsp3) is 0.429. The maximum absolute atomic E-state index is 11.7. The lowest BCUT2D eigenvalue weighted by atomic mass is 10.1. The fourth-order valence-electron chi connectivity index (χ4n) is 1.78. The lowest BCUT2D eigenvalue weighted by molar-refractivity contribution is -0.120. The van der Waals surface area contributed by atoms with Crippen LogP contribution in [0.15, 0.2) is 18.2 Å². The smallest absolute Gasteiger partial charge is 0.239 e. The van der Waals surface area contributed by atoms with Crippen molar-refractivity contribution in [1.82, 2.24) is 5.32 Å². The molecule has 0 aromatic heterocycles. The monoisotopic (exact) mass is 263 g/mol. The highest BCUT2D eigenvalue weighted by molar-refractivity contribution is 5.99. The van der Waals surface area contributed by atoms with E-state index in [2.05, 4.69) is 5.32 Å². The highest BCUT2D eigenvalue weighted by Gasteiger charge is 2.11. The van der Waals surface area contributed by atoms with Gasteiger partial charge in [0, 0.05) is 30.0 Å². The van der Waals surface area contributed by atoms with Crippen molar-refractivity contribution in [3.05, 3.63) is 23.8 Å². The molecule has 1 amide bonds. The molecule has 0 spiro atoms. The Morgan fingerprint density at radius 2 is 2.00 bits per heavy atom. The highest BCUT2D eigenvalue weighted by Crippen LogP contribution is 2.20. The van der Waals surface area contributed by atoms with Gasteiger partial charge in [0.05, 0.1) is 6.54 Å². The Morgan fingerprint density at radius 3 is 2.47 bits per heavy atom. The lowest BCUT2D eigenvalue weighted by Gasteiger charge is -2.20. The lowest BCUT2D eigenvalue weighted by Crippen LogP contribution is -2.38. The van der Waals surface area contributed by atoms with Crippen LogP contribution in [-0.4, -0.2) is 31.3 Å². The van der Waals surface area contributed by atoms with Crippen molar-refractivity contribution >= 4 is 23.1 Å². The second-order valence-corrected chi connectivity index (χ2v) is 4.91. The third kappa shape index (κ3) is 4.28. The fourth-order valence-corrected chi connectivity index (χ4v) is 1.78. The Kier molecular flexibility index (Phi) is 4.92. The Bertz CT molecular complexity index is 484. The SMILES string of the molecule is CC(=O)c1ccc(N(C)CC(=O)NC(C)C)cc1N. The molecule has 104 valence electrons. The third-order valence-corrected chi connectivity index (χ3v) is 2.69. The minimum absolute atomic E-state index is 0.0493. The number of Topliss-reactive ketones (excluding diaryl/α,β-unsaturated/α-hetero) is 1. The van der Waals surface area contributed by atoms with E-state index in [4.69, 9.17) is 5.73 Å². The van der Waals surface area contributed by atoms with Gasteiger partial charge >= 0.3 is 0 Å². The first-order chi connectivity index (χ1) is 8.81. The van der Waals surface area contributed by atoms with Gasteiger partial charge in [0.25, 0.3) is 0 Å². The molecule has 0 aliphatic rings. The molecule has 0 bridgehead atoms. The van der Waals surface area contributed by atoms with Crippen molar-refractivity contribution in [2.24, 2.45) is 0 Å². The van der Waals surface area contributed by atoms with E-state index in [9.17, 15) is 9.59 Å². The van der Waals surface area contributed by atoms with Gasteiger partial charge in [-0.2, -0.15) is 0 Å². The summed E-state index contributed by atoms with van der Waals surface area (Å²) in [4.78, 5) is 24.7. The second-order valence-electron chi connectivity index (χ2n) is 4.91. The van der Waals surface area contributed by atoms with Gasteiger partial charge in [-0.3, -0.25) is 9.59 Å². The van der Waals surface area contributed by atoms with E-state index in [0.717, 1.165) is 5.69 Å². The molecule has 0 aliphatic heterocycles. The number of benzene rings is 1. The topological polar surface area (TPSA) is 75.4 Å². The molecule has 0 atom stereocenters. The number of nitrogens with one attached hydrogen (secondary N) is 1. The first kappa shape index (κ1) is 15.0. The van der Waals surface area contributed by atoms with Crippen molar-refractivity contribution in [3.8, 4) is 0 Å². The maximum atomic E-state index is 11.7. The number of carbonyl (C=O) groups is 2. The van der Waals surface area contributed by atoms with Crippen LogP contribution >= 0.6 is 0 Å². The minimum Gasteiger partial charge on any atom is -0.398 e. The minimum atomic E-state index is -0.0655. The normalized spacial score (nSPS) is 10.4. The Labute approximate surface area is 113 Å². The summed E-state index contributed by atoms with van der Waals surface area (Å²) in [5, 5.41) is 2.82. The van der Waals surface area contributed by atoms with Crippen LogP contribution in [0.3, 0.4) is 0 Å². The Morgan fingerprint density at radius 1 is 1.37 bits per heavy atom. The van der Waals surface area contributed by atoms with Crippen molar-refractivity contribution in [2.75, 3.05) is 24.2 Å². The second kappa shape index (κ2) is 6.22. The number of nitrogens with two attached hydrogens (primary N) is 1. The zero-order valence-electron chi connectivity index (χ0n) is 11.9. The largest absolute Gasteiger partial charge is 0.398 e. The van der Waals surface area contributed by atoms with E-state index >= 15 is 0 Å². The quantitative estimate of drug-likeness (QED) is 0.622. The molecule has 1 rings (SSSR count). The maximum Gasteiger partial charge on any atom is 0.239 e. The standard InChI is InChI=1S/C14H21N3O2/c1-9(2)16-14(19)8-17(4)11-5-6-12(10(3)18)13(15)7-11/h5-7,9H,8,15H2,1-4H3,(H,16,19). The molecule has 0 unspecified atom stereocenters. The van der Waals surface area contributed by atoms with Crippen LogP contribution < -0.4 is 16.0 Å². The van der Waals surface area contributed by atoms with Crippen LogP contribution in [0.25, 0.3) is 0 Å². The third-order valence-electron chi connectivity index (χ3n) is 2.69. The first-order valence-electron chi connectivity index (χ1n) is 6.22. The zero-order valence-corrected chi connectivity index (χ0v) is 11.9. The number of hydrogen-bond donors (Lipinski definition) is 2. The molecule has 0 fully saturated rings. The van der Waals surface area contributed by atoms with Crippen LogP contribution in [0.5, 0.6) is 0 Å². The van der Waals surface area contributed by atoms with Crippen molar-refractivity contribution < 1.29 is 9.59 Å². The van der Waals surface area contributed by atoms with Crippen molar-refractivity contribution in [2.45, 2.75) is 26.8 Å². The number of ketones is 1. The van der Waals surface area contributed by atoms with E-state index in [1.165, 1.54) is 6.92 Å². The molecule has 3 N–H and O–H groups in total. The van der Waals surface area contributed by atoms with Gasteiger partial charge in [0.1, 0.15) is 0 Å². The van der Waals surface area contributed by atoms with E-state index in [0.29, 0.717) is 11.3 Å². The number of nitrogen functional groups attached to an aromatic ring is 1. The van der Waals surface area contributed by atoms with Gasteiger partial charge in [0.2, 0.25) is 5.91 Å². The molecule has 1 aromatic carbocycles. The summed E-state index contributed by atoms with van der Waals surface area (Å²) in [5.74, 6) is -0.115. The number of amides is 1. The molecule has 0 radical (unpaired) electrons. The molecule has 0 aliphatic carbocycles. The van der Waals surface area contributed by atoms with E-state index in [-0.39, 0.29) is 24.3 Å². The van der Waals surface area contributed by atoms with E-state index in [1.54, 1.807) is 23.1 Å². The number of anilines is 2. The predicted molar refractivity (Wildman–Crippen MR) is 77.4 cm³/mol. The summed E-state index contributed by atoms with van der Waals surface area (Å²) >= 11 is 0. The number of carbonyl (C=O) groups excluding carboxylic acids is 2. The van der Waals surface area contributed by atoms with Gasteiger partial charge < -0.3 is 16.0 Å². The van der Waals surface area contributed by atoms with E-state index < -0.39 is 0 Å². The van der Waals surface area contributed by atoms with Crippen LogP contribution in [-0.2, 0) is 4.79 Å². The zero-order chi connectivity index (χ0) is 14.6. The van der Waals surface area contributed by atoms with Gasteiger partial charge in [-0.15, -0.1) is 0 Å². The molecular weight excluding hydrogens is 242 g/mol. The van der Waals surface area contributed by atoms with Gasteiger partial charge in [0.15, 0.2) is 5.78 Å². The van der Waals surface area contributed by atoms with Crippen LogP contribution in [0.4, 0.5) is 11.4 Å². The first-order valence-corrected chi connectivity index (χ1v) is 6.22. The highest BCUT2D eigenvalue weighted by atomic mass is 16.2. The Hall–Kier alpha value is -2.04. The van der Waals surface area contributed by atoms with Gasteiger partial charge in [-0.25, -0.2) is 0 Å². The molecular formula is C14H21N3O2. The number of rotatable bonds is 5. The van der Waals surface area contributed by atoms with Gasteiger partial charge in [-0.1, -0.05) is 0 Å². The van der Waals surface area contributed by atoms with E-state index in [1.807, 2.05) is 20.9 Å². The summed E-state index contributed by atoms with van der Waals surface area (Å²) in [6, 6.07) is 5.30. The van der Waals surface area contributed by atoms with Crippen LogP contribution in [0.2, 0.25) is 0 Å². The predicted octanol–water partition coefficient (Wildman–Crippen LogP) is 1.43. The molecule has 19 heavy (non-hydrogen) atoms. The molecule has 0 saturated heterocycles. The average Bonchev–Trinajstić information content (AvgIpc) is 2.26. The summed E-state index contributed by atoms with van der Waals surface area (Å²) in [6.07, 6.45) is 0. The number of hydrogen-bond acceptors (Lipinski definition) is 4. The summed E-state index contributed by atoms with van der Waals surface area (Å²) < 4.78 is 0. The van der Waals surface area contributed by atoms with Crippen molar-refractivity contribution in [1.29, 1.82) is 0 Å². The summed E-state index contributed by atoms with van der Waals surface area (Å²) in [7, 11) is 1.81. The Balaban J connectivity index is 2.78. The van der Waals surface area contributed by atoms with Crippen molar-refractivity contribution in [3.63, 3.8) is 0 Å². The molecule has 0 saturated carbocycles. The molecule has 0 heterocycles. The average molecular weight is 263 g/mol. The van der Waals surface area contributed by atoms with Crippen LogP contribution in [0, 0.1) is 0 Å². The molecule has 5 heteroatoms. The van der Waals surface area contributed by atoms with Gasteiger partial charge in [-0.05, 0) is 39.0 Å². The summed E-state index contributed by atoms with van der Waals surface area (Å²) in [6.45, 7) is 5.55. The molecule has 5 nitrogen and oxygen atoms in total.